The molecule has 0 rings (SSSR count). The maximum absolute atomic E-state index is 12.8. The summed E-state index contributed by atoms with van der Waals surface area (Å²) in [6.45, 7) is 6.31. The highest BCUT2D eigenvalue weighted by atomic mass is 16.6. The molecule has 0 bridgehead atoms. The molecule has 0 saturated carbocycles. The number of unbranched alkanes of at least 4 members (excludes halogenated alkanes) is 25. The van der Waals surface area contributed by atoms with Gasteiger partial charge in [-0.15, -0.1) is 0 Å². The third-order valence-corrected chi connectivity index (χ3v) is 13.7. The van der Waals surface area contributed by atoms with Gasteiger partial charge in [0.2, 0.25) is 0 Å². The van der Waals surface area contributed by atoms with Crippen molar-refractivity contribution in [3.63, 3.8) is 0 Å². The second-order valence-electron chi connectivity index (χ2n) is 21.3. The van der Waals surface area contributed by atoms with Crippen LogP contribution >= 0.6 is 0 Å². The number of hydrogen-bond acceptors (Lipinski definition) is 6. The van der Waals surface area contributed by atoms with Gasteiger partial charge < -0.3 is 14.2 Å². The van der Waals surface area contributed by atoms with Crippen molar-refractivity contribution in [2.75, 3.05) is 13.2 Å². The Morgan fingerprint density at radius 1 is 0.266 bits per heavy atom. The molecule has 0 aromatic heterocycles. The molecule has 1 atom stereocenters. The van der Waals surface area contributed by atoms with Gasteiger partial charge in [0.15, 0.2) is 6.10 Å². The van der Waals surface area contributed by atoms with E-state index in [2.05, 4.69) is 148 Å². The lowest BCUT2D eigenvalue weighted by Crippen LogP contribution is -2.30. The van der Waals surface area contributed by atoms with Crippen molar-refractivity contribution in [2.24, 2.45) is 0 Å². The fraction of sp³-hybridized carbons (Fsp3) is 0.658. The molecule has 0 saturated heterocycles. The summed E-state index contributed by atoms with van der Waals surface area (Å²) in [5, 5.41) is 0. The first-order chi connectivity index (χ1) is 39.0. The lowest BCUT2D eigenvalue weighted by molar-refractivity contribution is -0.166. The zero-order valence-corrected chi connectivity index (χ0v) is 51.3. The lowest BCUT2D eigenvalue weighted by Gasteiger charge is -2.18. The van der Waals surface area contributed by atoms with E-state index in [0.29, 0.717) is 19.3 Å². The standard InChI is InChI=1S/C73H120O6/c1-4-7-10-13-16-18-20-22-24-26-28-29-30-31-32-33-34-35-36-37-38-39-40-41-42-43-45-46-48-50-52-54-57-60-63-66-72(75)78-69-70(68-77-71(74)65-62-59-56-15-12-9-6-3)79-73(76)67-64-61-58-55-53-51-49-47-44-27-25-23-21-19-17-14-11-8-5-2/h7-8,10-11,16-19,22-25,28-29,31-32,44,47,51,53,58,61,70H,4-6,9,12-15,20-21,26-27,30,33-43,45-46,48-50,52,54-57,59-60,62-69H2,1-3H3/b10-7-,11-8-,18-16-,19-17-,24-22-,25-23-,29-28-,32-31-,47-44-,53-51-,61-58-. The maximum atomic E-state index is 12.8. The van der Waals surface area contributed by atoms with Gasteiger partial charge in [-0.2, -0.15) is 0 Å². The Morgan fingerprint density at radius 3 is 0.823 bits per heavy atom. The quantitative estimate of drug-likeness (QED) is 0.0261. The van der Waals surface area contributed by atoms with E-state index < -0.39 is 12.1 Å². The fourth-order valence-electron chi connectivity index (χ4n) is 8.85. The minimum atomic E-state index is -0.817. The predicted molar refractivity (Wildman–Crippen MR) is 343 cm³/mol. The van der Waals surface area contributed by atoms with Crippen LogP contribution in [-0.4, -0.2) is 37.2 Å². The van der Waals surface area contributed by atoms with E-state index >= 15 is 0 Å². The van der Waals surface area contributed by atoms with Gasteiger partial charge in [-0.1, -0.05) is 302 Å². The minimum Gasteiger partial charge on any atom is -0.462 e. The first-order valence-corrected chi connectivity index (χ1v) is 32.7. The van der Waals surface area contributed by atoms with E-state index in [9.17, 15) is 14.4 Å². The van der Waals surface area contributed by atoms with Crippen LogP contribution in [0.25, 0.3) is 0 Å². The van der Waals surface area contributed by atoms with Gasteiger partial charge in [-0.3, -0.25) is 14.4 Å². The molecular weight excluding hydrogens is 973 g/mol. The molecule has 0 amide bonds. The highest BCUT2D eigenvalue weighted by Crippen LogP contribution is 2.16. The van der Waals surface area contributed by atoms with Crippen molar-refractivity contribution >= 4 is 17.9 Å². The van der Waals surface area contributed by atoms with E-state index in [4.69, 9.17) is 14.2 Å². The molecule has 448 valence electrons. The van der Waals surface area contributed by atoms with Crippen molar-refractivity contribution in [3.8, 4) is 0 Å². The highest BCUT2D eigenvalue weighted by Gasteiger charge is 2.19. The molecule has 0 aromatic rings. The van der Waals surface area contributed by atoms with Crippen molar-refractivity contribution < 1.29 is 28.6 Å². The van der Waals surface area contributed by atoms with Crippen LogP contribution in [0.15, 0.2) is 134 Å². The molecule has 0 N–H and O–H groups in total. The third kappa shape index (κ3) is 64.3. The van der Waals surface area contributed by atoms with E-state index in [1.807, 2.05) is 6.08 Å². The number of esters is 3. The summed E-state index contributed by atoms with van der Waals surface area (Å²) in [7, 11) is 0. The van der Waals surface area contributed by atoms with E-state index in [0.717, 1.165) is 109 Å². The van der Waals surface area contributed by atoms with Gasteiger partial charge in [0.25, 0.3) is 0 Å². The summed E-state index contributed by atoms with van der Waals surface area (Å²) >= 11 is 0. The van der Waals surface area contributed by atoms with Crippen molar-refractivity contribution in [1.82, 2.24) is 0 Å². The van der Waals surface area contributed by atoms with Crippen LogP contribution in [0.4, 0.5) is 0 Å². The minimum absolute atomic E-state index is 0.108. The first-order valence-electron chi connectivity index (χ1n) is 32.7. The lowest BCUT2D eigenvalue weighted by atomic mass is 10.0. The predicted octanol–water partition coefficient (Wildman–Crippen LogP) is 22.5. The molecule has 79 heavy (non-hydrogen) atoms. The number of ether oxygens (including phenoxy) is 3. The number of allylic oxidation sites excluding steroid dienone is 22. The van der Waals surface area contributed by atoms with Gasteiger partial charge >= 0.3 is 17.9 Å². The Kier molecular flexibility index (Phi) is 62.3. The molecular formula is C73H120O6. The van der Waals surface area contributed by atoms with E-state index in [1.54, 1.807) is 0 Å². The van der Waals surface area contributed by atoms with Crippen LogP contribution in [0.5, 0.6) is 0 Å². The summed E-state index contributed by atoms with van der Waals surface area (Å²) in [5.41, 5.74) is 0. The monoisotopic (exact) mass is 1090 g/mol. The Hall–Kier alpha value is -4.45. The fourth-order valence-corrected chi connectivity index (χ4v) is 8.85. The molecule has 0 spiro atoms. The average Bonchev–Trinajstić information content (AvgIpc) is 3.45. The van der Waals surface area contributed by atoms with Crippen LogP contribution in [0.1, 0.15) is 290 Å². The summed E-state index contributed by atoms with van der Waals surface area (Å²) in [6.07, 6.45) is 93.8. The Balaban J connectivity index is 4.09. The molecule has 0 fully saturated rings. The van der Waals surface area contributed by atoms with Gasteiger partial charge in [0.05, 0.1) is 0 Å². The summed E-state index contributed by atoms with van der Waals surface area (Å²) in [4.78, 5) is 38.0. The summed E-state index contributed by atoms with van der Waals surface area (Å²) in [6, 6.07) is 0. The maximum Gasteiger partial charge on any atom is 0.306 e. The van der Waals surface area contributed by atoms with Crippen molar-refractivity contribution in [3.05, 3.63) is 134 Å². The SMILES string of the molecule is CC/C=C\C/C=C\C/C=C\C/C=C\C/C=C\C/C=C\CCC(=O)OC(COC(=O)CCCCCCCCC)COC(=O)CCCCCCCCCCCCCCCCCCCCC/C=C\C/C=C\C/C=C\C/C=C\C/C=C\CC. The smallest absolute Gasteiger partial charge is 0.306 e. The number of carbonyl (C=O) groups is 3. The third-order valence-electron chi connectivity index (χ3n) is 13.7. The number of carbonyl (C=O) groups excluding carboxylic acids is 3. The van der Waals surface area contributed by atoms with Crippen LogP contribution < -0.4 is 0 Å². The van der Waals surface area contributed by atoms with E-state index in [1.165, 1.54) is 135 Å². The molecule has 6 nitrogen and oxygen atoms in total. The molecule has 0 heterocycles. The summed E-state index contributed by atoms with van der Waals surface area (Å²) in [5.74, 6) is -0.996. The van der Waals surface area contributed by atoms with Crippen LogP contribution in [0.2, 0.25) is 0 Å². The molecule has 1 unspecified atom stereocenters. The largest absolute Gasteiger partial charge is 0.462 e. The molecule has 0 aromatic carbocycles. The van der Waals surface area contributed by atoms with Crippen LogP contribution in [-0.2, 0) is 28.6 Å². The molecule has 0 aliphatic carbocycles. The number of hydrogen-bond donors (Lipinski definition) is 0. The van der Waals surface area contributed by atoms with Gasteiger partial charge in [-0.05, 0) is 103 Å². The Bertz CT molecular complexity index is 1680. The van der Waals surface area contributed by atoms with Gasteiger partial charge in [-0.25, -0.2) is 0 Å². The second-order valence-corrected chi connectivity index (χ2v) is 21.3. The first kappa shape index (κ1) is 74.5. The molecule has 0 aliphatic rings. The molecule has 6 heteroatoms. The summed E-state index contributed by atoms with van der Waals surface area (Å²) < 4.78 is 16.7. The highest BCUT2D eigenvalue weighted by molar-refractivity contribution is 5.71. The van der Waals surface area contributed by atoms with Gasteiger partial charge in [0.1, 0.15) is 13.2 Å². The zero-order chi connectivity index (χ0) is 57.1. The van der Waals surface area contributed by atoms with Gasteiger partial charge in [0, 0.05) is 19.3 Å². The van der Waals surface area contributed by atoms with Crippen LogP contribution in [0, 0.1) is 0 Å². The van der Waals surface area contributed by atoms with Crippen molar-refractivity contribution in [1.29, 1.82) is 0 Å². The normalized spacial score (nSPS) is 13.0. The van der Waals surface area contributed by atoms with Crippen molar-refractivity contribution in [2.45, 2.75) is 297 Å². The zero-order valence-electron chi connectivity index (χ0n) is 51.3. The van der Waals surface area contributed by atoms with Crippen LogP contribution in [0.3, 0.4) is 0 Å². The Morgan fingerprint density at radius 2 is 0.519 bits per heavy atom. The molecule has 0 radical (unpaired) electrons. The Labute approximate surface area is 487 Å². The average molecular weight is 1090 g/mol. The van der Waals surface area contributed by atoms with E-state index in [-0.39, 0.29) is 31.6 Å². The second kappa shape index (κ2) is 66.1. The molecule has 0 aliphatic heterocycles. The topological polar surface area (TPSA) is 78.9 Å². The number of rotatable bonds is 58.